The molecule has 1 aromatic heterocycles. The Morgan fingerprint density at radius 1 is 1.50 bits per heavy atom. The summed E-state index contributed by atoms with van der Waals surface area (Å²) < 4.78 is 32.0. The Hall–Kier alpha value is -1.02. The minimum atomic E-state index is -3.54. The Bertz CT molecular complexity index is 528. The van der Waals surface area contributed by atoms with Crippen molar-refractivity contribution in [1.29, 1.82) is 0 Å². The van der Waals surface area contributed by atoms with Crippen LogP contribution in [0.3, 0.4) is 0 Å². The summed E-state index contributed by atoms with van der Waals surface area (Å²) >= 11 is 0. The second kappa shape index (κ2) is 6.62. The molecule has 20 heavy (non-hydrogen) atoms. The molecule has 1 fully saturated rings. The smallest absolute Gasteiger partial charge is 0.260 e. The average Bonchev–Trinajstić information content (AvgIpc) is 2.48. The topological polar surface area (TPSA) is 85.5 Å². The van der Waals surface area contributed by atoms with Gasteiger partial charge in [-0.1, -0.05) is 6.07 Å². The Kier molecular flexibility index (Phi) is 5.09. The minimum Gasteiger partial charge on any atom is -0.377 e. The monoisotopic (exact) mass is 299 g/mol. The summed E-state index contributed by atoms with van der Waals surface area (Å²) in [7, 11) is -3.54. The van der Waals surface area contributed by atoms with Crippen molar-refractivity contribution < 1.29 is 13.2 Å². The van der Waals surface area contributed by atoms with Crippen LogP contribution in [0.2, 0.25) is 0 Å². The lowest BCUT2D eigenvalue weighted by molar-refractivity contribution is 0.0264. The zero-order valence-electron chi connectivity index (χ0n) is 11.7. The second-order valence-corrected chi connectivity index (χ2v) is 6.68. The van der Waals surface area contributed by atoms with Crippen LogP contribution in [0.1, 0.15) is 25.3 Å². The first-order valence-corrected chi connectivity index (χ1v) is 8.28. The maximum atomic E-state index is 12.5. The molecule has 7 heteroatoms. The van der Waals surface area contributed by atoms with Gasteiger partial charge in [0.15, 0.2) is 5.03 Å². The molecule has 1 aliphatic heterocycles. The summed E-state index contributed by atoms with van der Waals surface area (Å²) in [6.07, 6.45) is 3.20. The van der Waals surface area contributed by atoms with Crippen molar-refractivity contribution in [2.75, 3.05) is 19.7 Å². The maximum absolute atomic E-state index is 12.5. The van der Waals surface area contributed by atoms with Crippen LogP contribution in [-0.4, -0.2) is 43.5 Å². The fourth-order valence-corrected chi connectivity index (χ4v) is 3.73. The van der Waals surface area contributed by atoms with Gasteiger partial charge in [-0.15, -0.1) is 0 Å². The normalized spacial score (nSPS) is 21.0. The van der Waals surface area contributed by atoms with Crippen LogP contribution in [0.15, 0.2) is 23.4 Å². The van der Waals surface area contributed by atoms with Gasteiger partial charge in [0.2, 0.25) is 0 Å². The van der Waals surface area contributed by atoms with Gasteiger partial charge in [-0.3, -0.25) is 0 Å². The van der Waals surface area contributed by atoms with Crippen molar-refractivity contribution in [3.05, 3.63) is 23.9 Å². The second-order valence-electron chi connectivity index (χ2n) is 4.79. The summed E-state index contributed by atoms with van der Waals surface area (Å²) in [5.74, 6) is 0. The highest BCUT2D eigenvalue weighted by atomic mass is 32.2. The van der Waals surface area contributed by atoms with Crippen LogP contribution in [0, 0.1) is 0 Å². The number of aromatic nitrogens is 1. The quantitative estimate of drug-likeness (QED) is 0.866. The molecular formula is C13H21N3O3S. The van der Waals surface area contributed by atoms with Gasteiger partial charge in [0.1, 0.15) is 0 Å². The van der Waals surface area contributed by atoms with Gasteiger partial charge in [-0.25, -0.2) is 13.4 Å². The molecule has 112 valence electrons. The first-order chi connectivity index (χ1) is 9.57. The molecule has 6 nitrogen and oxygen atoms in total. The third-order valence-electron chi connectivity index (χ3n) is 3.38. The minimum absolute atomic E-state index is 0.0214. The maximum Gasteiger partial charge on any atom is 0.260 e. The zero-order valence-corrected chi connectivity index (χ0v) is 12.5. The van der Waals surface area contributed by atoms with Crippen LogP contribution in [-0.2, 0) is 21.3 Å². The molecule has 1 unspecified atom stereocenters. The van der Waals surface area contributed by atoms with Crippen molar-refractivity contribution in [3.63, 3.8) is 0 Å². The number of piperidine rings is 1. The van der Waals surface area contributed by atoms with Gasteiger partial charge in [-0.2, -0.15) is 4.31 Å². The van der Waals surface area contributed by atoms with E-state index in [9.17, 15) is 8.42 Å². The van der Waals surface area contributed by atoms with Gasteiger partial charge in [0, 0.05) is 32.4 Å². The predicted molar refractivity (Wildman–Crippen MR) is 75.5 cm³/mol. The van der Waals surface area contributed by atoms with Crippen LogP contribution < -0.4 is 5.73 Å². The number of hydrogen-bond donors (Lipinski definition) is 1. The van der Waals surface area contributed by atoms with E-state index in [4.69, 9.17) is 10.5 Å². The van der Waals surface area contributed by atoms with E-state index in [0.717, 1.165) is 18.4 Å². The van der Waals surface area contributed by atoms with Gasteiger partial charge >= 0.3 is 0 Å². The summed E-state index contributed by atoms with van der Waals surface area (Å²) in [5, 5.41) is 0.0758. The van der Waals surface area contributed by atoms with E-state index in [1.165, 1.54) is 16.6 Å². The SMILES string of the molecule is CCOC1CCCN(S(=O)(=O)c2ccc(CN)cn2)C1. The molecule has 0 saturated carbocycles. The molecule has 2 heterocycles. The van der Waals surface area contributed by atoms with E-state index in [0.29, 0.717) is 26.2 Å². The third kappa shape index (κ3) is 3.35. The number of sulfonamides is 1. The standard InChI is InChI=1S/C13H21N3O3S/c1-2-19-12-4-3-7-16(10-12)20(17,18)13-6-5-11(8-14)9-15-13/h5-6,9,12H,2-4,7-8,10,14H2,1H3. The molecule has 1 aromatic rings. The highest BCUT2D eigenvalue weighted by molar-refractivity contribution is 7.89. The van der Waals surface area contributed by atoms with Crippen LogP contribution in [0.5, 0.6) is 0 Å². The molecule has 0 aromatic carbocycles. The third-order valence-corrected chi connectivity index (χ3v) is 5.16. The Morgan fingerprint density at radius 2 is 2.30 bits per heavy atom. The molecular weight excluding hydrogens is 278 g/mol. The molecule has 0 bridgehead atoms. The van der Waals surface area contributed by atoms with E-state index in [1.54, 1.807) is 6.07 Å². The van der Waals surface area contributed by atoms with Crippen molar-refractivity contribution in [3.8, 4) is 0 Å². The molecule has 0 spiro atoms. The number of hydrogen-bond acceptors (Lipinski definition) is 5. The van der Waals surface area contributed by atoms with E-state index in [1.807, 2.05) is 6.92 Å². The Morgan fingerprint density at radius 3 is 2.90 bits per heavy atom. The fourth-order valence-electron chi connectivity index (χ4n) is 2.31. The first-order valence-electron chi connectivity index (χ1n) is 6.84. The Labute approximate surface area is 120 Å². The summed E-state index contributed by atoms with van der Waals surface area (Å²) in [4.78, 5) is 4.02. The number of pyridine rings is 1. The lowest BCUT2D eigenvalue weighted by Crippen LogP contribution is -2.43. The van der Waals surface area contributed by atoms with Crippen molar-refractivity contribution in [1.82, 2.24) is 9.29 Å². The van der Waals surface area contributed by atoms with Crippen molar-refractivity contribution >= 4 is 10.0 Å². The molecule has 1 atom stereocenters. The number of ether oxygens (including phenoxy) is 1. The van der Waals surface area contributed by atoms with Crippen LogP contribution in [0.4, 0.5) is 0 Å². The summed E-state index contributed by atoms with van der Waals surface area (Å²) in [6.45, 7) is 3.79. The van der Waals surface area contributed by atoms with Gasteiger partial charge in [0.25, 0.3) is 10.0 Å². The van der Waals surface area contributed by atoms with Crippen LogP contribution in [0.25, 0.3) is 0 Å². The molecule has 0 radical (unpaired) electrons. The van der Waals surface area contributed by atoms with E-state index < -0.39 is 10.0 Å². The highest BCUT2D eigenvalue weighted by Gasteiger charge is 2.31. The molecule has 1 aliphatic rings. The number of nitrogens with zero attached hydrogens (tertiary/aromatic N) is 2. The van der Waals surface area contributed by atoms with E-state index in [2.05, 4.69) is 4.98 Å². The van der Waals surface area contributed by atoms with Gasteiger partial charge < -0.3 is 10.5 Å². The zero-order chi connectivity index (χ0) is 14.6. The van der Waals surface area contributed by atoms with E-state index >= 15 is 0 Å². The summed E-state index contributed by atoms with van der Waals surface area (Å²) in [5.41, 5.74) is 6.30. The average molecular weight is 299 g/mol. The fraction of sp³-hybridized carbons (Fsp3) is 0.615. The molecule has 2 N–H and O–H groups in total. The number of nitrogens with two attached hydrogens (primary N) is 1. The molecule has 0 aliphatic carbocycles. The number of rotatable bonds is 5. The summed E-state index contributed by atoms with van der Waals surface area (Å²) in [6, 6.07) is 3.21. The van der Waals surface area contributed by atoms with Crippen molar-refractivity contribution in [2.24, 2.45) is 5.73 Å². The van der Waals surface area contributed by atoms with Crippen LogP contribution >= 0.6 is 0 Å². The first kappa shape index (κ1) is 15.4. The predicted octanol–water partition coefficient (Wildman–Crippen LogP) is 0.730. The lowest BCUT2D eigenvalue weighted by atomic mass is 10.1. The largest absolute Gasteiger partial charge is 0.377 e. The highest BCUT2D eigenvalue weighted by Crippen LogP contribution is 2.21. The Balaban J connectivity index is 2.16. The lowest BCUT2D eigenvalue weighted by Gasteiger charge is -2.31. The van der Waals surface area contributed by atoms with Gasteiger partial charge in [0.05, 0.1) is 6.10 Å². The van der Waals surface area contributed by atoms with E-state index in [-0.39, 0.29) is 11.1 Å². The molecule has 0 amide bonds. The van der Waals surface area contributed by atoms with Crippen molar-refractivity contribution in [2.45, 2.75) is 37.4 Å². The molecule has 1 saturated heterocycles. The molecule has 2 rings (SSSR count). The van der Waals surface area contributed by atoms with Gasteiger partial charge in [-0.05, 0) is 31.4 Å².